The highest BCUT2D eigenvalue weighted by molar-refractivity contribution is 6.84. The Kier molecular flexibility index (Phi) is 7.44. The Morgan fingerprint density at radius 3 is 1.54 bits per heavy atom. The summed E-state index contributed by atoms with van der Waals surface area (Å²) in [5.41, 5.74) is 12.2. The lowest BCUT2D eigenvalue weighted by atomic mass is 9.48. The highest BCUT2D eigenvalue weighted by Crippen LogP contribution is 2.36. The molecule has 1 heterocycles. The van der Waals surface area contributed by atoms with E-state index in [-0.39, 0.29) is 0 Å². The largest absolute Gasteiger partial charge is 0.493 e. The summed E-state index contributed by atoms with van der Waals surface area (Å²) >= 11 is 0. The summed E-state index contributed by atoms with van der Waals surface area (Å²) < 4.78 is 13.5. The molecule has 5 rings (SSSR count). The second kappa shape index (κ2) is 10.5. The van der Waals surface area contributed by atoms with Crippen molar-refractivity contribution in [2.24, 2.45) is 0 Å². The van der Waals surface area contributed by atoms with E-state index in [0.29, 0.717) is 0 Å². The molecular weight excluding hydrogens is 473 g/mol. The molecule has 194 valence electrons. The number of aryl methyl sites for hydroxylation is 4. The molecule has 5 heteroatoms. The molecule has 2 radical (unpaired) electrons. The van der Waals surface area contributed by atoms with Crippen LogP contribution in [0.3, 0.4) is 0 Å². The first-order valence-electron chi connectivity index (χ1n) is 13.9. The van der Waals surface area contributed by atoms with Gasteiger partial charge in [0.1, 0.15) is 0 Å². The lowest BCUT2D eigenvalue weighted by molar-refractivity contribution is 0.00578. The van der Waals surface area contributed by atoms with Crippen LogP contribution in [0.15, 0.2) is 78.9 Å². The fraction of sp³-hybridized carbons (Fsp3) is 0.294. The molecule has 0 aliphatic carbocycles. The van der Waals surface area contributed by atoms with Crippen LogP contribution in [0.5, 0.6) is 0 Å². The number of hydrogen-bond donors (Lipinski definition) is 0. The van der Waals surface area contributed by atoms with Crippen molar-refractivity contribution < 1.29 is 9.31 Å². The van der Waals surface area contributed by atoms with Gasteiger partial charge in [0.25, 0.3) is 0 Å². The van der Waals surface area contributed by atoms with Crippen LogP contribution in [0.4, 0.5) is 0 Å². The van der Waals surface area contributed by atoms with Crippen molar-refractivity contribution in [2.75, 3.05) is 0 Å². The topological polar surface area (TPSA) is 18.5 Å². The predicted molar refractivity (Wildman–Crippen MR) is 169 cm³/mol. The molecule has 0 N–H and O–H groups in total. The molecule has 4 aromatic rings. The van der Waals surface area contributed by atoms with Crippen LogP contribution >= 0.6 is 0 Å². The molecule has 0 saturated carbocycles. The smallest absolute Gasteiger partial charge is 0.399 e. The molecule has 1 fully saturated rings. The molecular formula is C34H37B3O2. The van der Waals surface area contributed by atoms with E-state index in [4.69, 9.17) is 9.31 Å². The second-order valence-corrected chi connectivity index (χ2v) is 11.9. The second-order valence-electron chi connectivity index (χ2n) is 11.9. The maximum Gasteiger partial charge on any atom is 0.493 e. The van der Waals surface area contributed by atoms with Gasteiger partial charge in [0.15, 0.2) is 14.6 Å². The van der Waals surface area contributed by atoms with Crippen molar-refractivity contribution in [1.29, 1.82) is 0 Å². The van der Waals surface area contributed by atoms with Gasteiger partial charge in [-0.05, 0) is 72.0 Å². The van der Waals surface area contributed by atoms with Gasteiger partial charge >= 0.3 is 7.12 Å². The van der Waals surface area contributed by atoms with E-state index < -0.39 is 18.3 Å². The number of benzene rings is 4. The van der Waals surface area contributed by atoms with Crippen molar-refractivity contribution in [3.05, 3.63) is 101 Å². The van der Waals surface area contributed by atoms with E-state index in [0.717, 1.165) is 16.4 Å². The Hall–Kier alpha value is -3.01. The summed E-state index contributed by atoms with van der Waals surface area (Å²) in [4.78, 5) is 0. The van der Waals surface area contributed by atoms with Crippen molar-refractivity contribution in [3.8, 4) is 11.1 Å². The Balaban J connectivity index is 1.78. The summed E-state index contributed by atoms with van der Waals surface area (Å²) in [5.74, 6) is 0. The Labute approximate surface area is 236 Å². The van der Waals surface area contributed by atoms with Gasteiger partial charge in [-0.3, -0.25) is 0 Å². The van der Waals surface area contributed by atoms with Crippen LogP contribution in [0.25, 0.3) is 11.1 Å². The zero-order chi connectivity index (χ0) is 27.9. The molecule has 0 aromatic heterocycles. The van der Waals surface area contributed by atoms with Crippen molar-refractivity contribution in [1.82, 2.24) is 0 Å². The molecule has 0 bridgehead atoms. The Morgan fingerprint density at radius 1 is 0.538 bits per heavy atom. The van der Waals surface area contributed by atoms with Gasteiger partial charge in [0.05, 0.1) is 11.2 Å². The third-order valence-electron chi connectivity index (χ3n) is 8.57. The van der Waals surface area contributed by atoms with Crippen molar-refractivity contribution in [3.63, 3.8) is 0 Å². The van der Waals surface area contributed by atoms with Crippen LogP contribution in [0, 0.1) is 27.7 Å². The highest BCUT2D eigenvalue weighted by atomic mass is 16.7. The molecule has 0 unspecified atom stereocenters. The first kappa shape index (κ1) is 27.6. The molecule has 4 aromatic carbocycles. The van der Waals surface area contributed by atoms with Crippen LogP contribution in [0.1, 0.15) is 49.9 Å². The molecule has 0 atom stereocenters. The molecule has 1 aliphatic heterocycles. The van der Waals surface area contributed by atoms with Gasteiger partial charge < -0.3 is 9.31 Å². The van der Waals surface area contributed by atoms with Crippen LogP contribution in [0.2, 0.25) is 0 Å². The van der Waals surface area contributed by atoms with Gasteiger partial charge in [-0.2, -0.15) is 0 Å². The molecule has 1 saturated heterocycles. The summed E-state index contributed by atoms with van der Waals surface area (Å²) in [7, 11) is 4.14. The standard InChI is InChI=1S/C34H37B3O2/c1-22-14-12-15-23(2)29(22)35-28-21-20-27(26-18-10-9-11-19-26)31(36-30-24(3)16-13-17-25(30)4)32(28)37-38-33(5,6)34(7,8)39-37/h9-21H,1-8H3. The van der Waals surface area contributed by atoms with E-state index in [1.54, 1.807) is 0 Å². The quantitative estimate of drug-likeness (QED) is 0.363. The number of rotatable bonds is 6. The van der Waals surface area contributed by atoms with E-state index >= 15 is 0 Å². The van der Waals surface area contributed by atoms with Gasteiger partial charge in [-0.1, -0.05) is 123 Å². The molecule has 0 amide bonds. The minimum Gasteiger partial charge on any atom is -0.399 e. The molecule has 1 aliphatic rings. The summed E-state index contributed by atoms with van der Waals surface area (Å²) in [5, 5.41) is 0. The average Bonchev–Trinajstić information content (AvgIpc) is 3.10. The zero-order valence-corrected chi connectivity index (χ0v) is 24.6. The molecule has 2 nitrogen and oxygen atoms in total. The summed E-state index contributed by atoms with van der Waals surface area (Å²) in [6, 6.07) is 28.1. The maximum absolute atomic E-state index is 6.76. The molecule has 0 spiro atoms. The van der Waals surface area contributed by atoms with Gasteiger partial charge in [0, 0.05) is 0 Å². The normalized spacial score (nSPS) is 15.8. The van der Waals surface area contributed by atoms with Crippen LogP contribution in [-0.4, -0.2) is 32.9 Å². The van der Waals surface area contributed by atoms with Gasteiger partial charge in [-0.25, -0.2) is 0 Å². The highest BCUT2D eigenvalue weighted by Gasteiger charge is 2.52. The lowest BCUT2D eigenvalue weighted by Gasteiger charge is -2.32. The predicted octanol–water partition coefficient (Wildman–Crippen LogP) is 4.20. The fourth-order valence-electron chi connectivity index (χ4n) is 5.44. The minimum atomic E-state index is -0.509. The first-order valence-corrected chi connectivity index (χ1v) is 13.9. The average molecular weight is 510 g/mol. The maximum atomic E-state index is 6.76. The summed E-state index contributed by atoms with van der Waals surface area (Å²) in [6.07, 6.45) is 0. The van der Waals surface area contributed by atoms with Crippen LogP contribution in [-0.2, 0) is 9.31 Å². The third kappa shape index (κ3) is 5.27. The first-order chi connectivity index (χ1) is 18.5. The molecule has 39 heavy (non-hydrogen) atoms. The van der Waals surface area contributed by atoms with Crippen LogP contribution < -0.4 is 27.3 Å². The van der Waals surface area contributed by atoms with E-state index in [1.165, 1.54) is 44.3 Å². The Bertz CT molecular complexity index is 1450. The summed E-state index contributed by atoms with van der Waals surface area (Å²) in [6.45, 7) is 17.2. The number of hydrogen-bond acceptors (Lipinski definition) is 2. The third-order valence-corrected chi connectivity index (χ3v) is 8.57. The zero-order valence-electron chi connectivity index (χ0n) is 24.6. The SMILES string of the molecule is Cc1cccc(C)c1[B]c1ccc(-c2ccccc2)c([B]c2c(C)cccc2C)c1B1OC(C)(C)C(C)(C)O1. The fourth-order valence-corrected chi connectivity index (χ4v) is 5.44. The van der Waals surface area contributed by atoms with E-state index in [1.807, 2.05) is 0 Å². The van der Waals surface area contributed by atoms with Gasteiger partial charge in [-0.15, -0.1) is 0 Å². The lowest BCUT2D eigenvalue weighted by Crippen LogP contribution is -2.59. The van der Waals surface area contributed by atoms with Crippen molar-refractivity contribution in [2.45, 2.75) is 66.6 Å². The Morgan fingerprint density at radius 2 is 1.03 bits per heavy atom. The monoisotopic (exact) mass is 510 g/mol. The van der Waals surface area contributed by atoms with Gasteiger partial charge in [0.2, 0.25) is 0 Å². The minimum absolute atomic E-state index is 0.452. The van der Waals surface area contributed by atoms with E-state index in [9.17, 15) is 0 Å². The van der Waals surface area contributed by atoms with E-state index in [2.05, 4.69) is 149 Å². The van der Waals surface area contributed by atoms with Crippen molar-refractivity contribution >= 4 is 49.0 Å².